The Kier molecular flexibility index (Phi) is 5.38. The predicted octanol–water partition coefficient (Wildman–Crippen LogP) is 2.20. The summed E-state index contributed by atoms with van der Waals surface area (Å²) >= 11 is 0. The van der Waals surface area contributed by atoms with Crippen LogP contribution < -0.4 is 14.8 Å². The molecule has 0 atom stereocenters. The van der Waals surface area contributed by atoms with Crippen molar-refractivity contribution in [3.8, 4) is 11.5 Å². The van der Waals surface area contributed by atoms with Crippen LogP contribution in [0.4, 0.5) is 0 Å². The number of nitrogens with zero attached hydrogens (tertiary/aromatic N) is 5. The van der Waals surface area contributed by atoms with E-state index in [2.05, 4.69) is 49.9 Å². The summed E-state index contributed by atoms with van der Waals surface area (Å²) in [7, 11) is 3.90. The number of rotatable bonds is 4. The molecule has 1 aromatic heterocycles. The van der Waals surface area contributed by atoms with E-state index < -0.39 is 0 Å². The van der Waals surface area contributed by atoms with Gasteiger partial charge in [0.25, 0.3) is 0 Å². The van der Waals surface area contributed by atoms with Crippen LogP contribution in [0.3, 0.4) is 0 Å². The molecule has 0 bridgehead atoms. The Labute approximate surface area is 182 Å². The average Bonchev–Trinajstić information content (AvgIpc) is 3.39. The topological polar surface area (TPSA) is 67.2 Å². The summed E-state index contributed by atoms with van der Waals surface area (Å²) in [6.07, 6.45) is 0. The molecule has 8 heteroatoms. The first-order chi connectivity index (χ1) is 15.2. The number of fused-ring (bicyclic) bond motifs is 2. The number of hydrogen-bond donors (Lipinski definition) is 1. The van der Waals surface area contributed by atoms with Crippen molar-refractivity contribution in [3.63, 3.8) is 0 Å². The lowest BCUT2D eigenvalue weighted by molar-refractivity contribution is 0.171. The number of guanidine groups is 1. The largest absolute Gasteiger partial charge is 0.454 e. The van der Waals surface area contributed by atoms with E-state index in [1.165, 1.54) is 5.56 Å². The molecule has 1 N–H and O–H groups in total. The highest BCUT2D eigenvalue weighted by Gasteiger charge is 2.21. The Balaban J connectivity index is 1.16. The molecule has 0 aliphatic carbocycles. The van der Waals surface area contributed by atoms with E-state index in [0.717, 1.165) is 67.0 Å². The minimum Gasteiger partial charge on any atom is -0.454 e. The molecule has 0 radical (unpaired) electrons. The zero-order chi connectivity index (χ0) is 21.2. The molecule has 0 saturated carbocycles. The van der Waals surface area contributed by atoms with Crippen molar-refractivity contribution < 1.29 is 9.47 Å². The lowest BCUT2D eigenvalue weighted by Gasteiger charge is -2.36. The third-order valence-corrected chi connectivity index (χ3v) is 6.01. The normalized spacial score (nSPS) is 16.8. The molecule has 31 heavy (non-hydrogen) atoms. The number of aliphatic imine (C=N–C) groups is 1. The van der Waals surface area contributed by atoms with E-state index in [9.17, 15) is 0 Å². The molecule has 0 amide bonds. The first-order valence-electron chi connectivity index (χ1n) is 10.7. The van der Waals surface area contributed by atoms with Gasteiger partial charge in [-0.25, -0.2) is 4.98 Å². The molecule has 162 valence electrons. The van der Waals surface area contributed by atoms with E-state index >= 15 is 0 Å². The van der Waals surface area contributed by atoms with E-state index in [1.54, 1.807) is 0 Å². The summed E-state index contributed by atoms with van der Waals surface area (Å²) in [6.45, 7) is 5.73. The van der Waals surface area contributed by atoms with E-state index in [4.69, 9.17) is 14.5 Å². The Morgan fingerprint density at radius 3 is 2.68 bits per heavy atom. The SMILES string of the molecule is CN=C(NCc1nc2ccccc2n1C)N1CCN(Cc2ccc3c(c2)OCO3)CC1. The van der Waals surface area contributed by atoms with Gasteiger partial charge in [-0.05, 0) is 29.8 Å². The first-order valence-corrected chi connectivity index (χ1v) is 10.7. The van der Waals surface area contributed by atoms with Gasteiger partial charge in [0.15, 0.2) is 17.5 Å². The van der Waals surface area contributed by atoms with Gasteiger partial charge in [-0.2, -0.15) is 0 Å². The molecular formula is C23H28N6O2. The highest BCUT2D eigenvalue weighted by Crippen LogP contribution is 2.32. The summed E-state index contributed by atoms with van der Waals surface area (Å²) in [5.74, 6) is 3.62. The van der Waals surface area contributed by atoms with Gasteiger partial charge in [0.1, 0.15) is 5.82 Å². The van der Waals surface area contributed by atoms with Gasteiger partial charge in [0.2, 0.25) is 6.79 Å². The Hall–Kier alpha value is -3.26. The third-order valence-electron chi connectivity index (χ3n) is 6.01. The number of hydrogen-bond acceptors (Lipinski definition) is 5. The number of benzene rings is 2. The fourth-order valence-electron chi connectivity index (χ4n) is 4.26. The van der Waals surface area contributed by atoms with Gasteiger partial charge in [0, 0.05) is 46.8 Å². The van der Waals surface area contributed by atoms with Gasteiger partial charge in [0.05, 0.1) is 17.6 Å². The summed E-state index contributed by atoms with van der Waals surface area (Å²) < 4.78 is 13.0. The minimum atomic E-state index is 0.317. The minimum absolute atomic E-state index is 0.317. The highest BCUT2D eigenvalue weighted by molar-refractivity contribution is 5.80. The van der Waals surface area contributed by atoms with Crippen molar-refractivity contribution in [1.29, 1.82) is 0 Å². The second kappa shape index (κ2) is 8.47. The zero-order valence-corrected chi connectivity index (χ0v) is 18.0. The molecular weight excluding hydrogens is 392 g/mol. The van der Waals surface area contributed by atoms with Crippen molar-refractivity contribution >= 4 is 17.0 Å². The monoisotopic (exact) mass is 420 g/mol. The van der Waals surface area contributed by atoms with Crippen LogP contribution in [0, 0.1) is 0 Å². The van der Waals surface area contributed by atoms with Crippen molar-refractivity contribution in [2.45, 2.75) is 13.1 Å². The van der Waals surface area contributed by atoms with E-state index in [0.29, 0.717) is 13.3 Å². The number of nitrogens with one attached hydrogen (secondary N) is 1. The van der Waals surface area contributed by atoms with Crippen molar-refractivity contribution in [2.24, 2.45) is 12.0 Å². The van der Waals surface area contributed by atoms with Gasteiger partial charge < -0.3 is 24.3 Å². The molecule has 0 spiro atoms. The quantitative estimate of drug-likeness (QED) is 0.516. The van der Waals surface area contributed by atoms with Crippen LogP contribution in [0.5, 0.6) is 11.5 Å². The van der Waals surface area contributed by atoms with Crippen LogP contribution in [0.25, 0.3) is 11.0 Å². The number of ether oxygens (including phenoxy) is 2. The standard InChI is InChI=1S/C23H28N6O2/c1-24-23(25-14-22-26-18-5-3-4-6-19(18)27(22)2)29-11-9-28(10-12-29)15-17-7-8-20-21(13-17)31-16-30-20/h3-8,13H,9-12,14-16H2,1-2H3,(H,24,25). The third kappa shape index (κ3) is 4.03. The maximum Gasteiger partial charge on any atom is 0.231 e. The van der Waals surface area contributed by atoms with Crippen molar-refractivity contribution in [1.82, 2.24) is 24.7 Å². The number of aryl methyl sites for hydroxylation is 1. The molecule has 3 heterocycles. The first kappa shape index (κ1) is 19.7. The summed E-state index contributed by atoms with van der Waals surface area (Å²) in [5.41, 5.74) is 3.42. The maximum absolute atomic E-state index is 5.50. The fraction of sp³-hybridized carbons (Fsp3) is 0.391. The van der Waals surface area contributed by atoms with Gasteiger partial charge in [-0.3, -0.25) is 9.89 Å². The fourth-order valence-corrected chi connectivity index (χ4v) is 4.26. The van der Waals surface area contributed by atoms with Crippen LogP contribution in [0.15, 0.2) is 47.5 Å². The average molecular weight is 421 g/mol. The molecule has 8 nitrogen and oxygen atoms in total. The maximum atomic E-state index is 5.50. The molecule has 2 aromatic carbocycles. The predicted molar refractivity (Wildman–Crippen MR) is 120 cm³/mol. The van der Waals surface area contributed by atoms with E-state index in [-0.39, 0.29) is 0 Å². The summed E-state index contributed by atoms with van der Waals surface area (Å²) in [6, 6.07) is 14.4. The van der Waals surface area contributed by atoms with Crippen LogP contribution in [-0.2, 0) is 20.1 Å². The van der Waals surface area contributed by atoms with Gasteiger partial charge >= 0.3 is 0 Å². The Morgan fingerprint density at radius 2 is 1.87 bits per heavy atom. The smallest absolute Gasteiger partial charge is 0.231 e. The van der Waals surface area contributed by atoms with Crippen LogP contribution >= 0.6 is 0 Å². The molecule has 5 rings (SSSR count). The van der Waals surface area contributed by atoms with Gasteiger partial charge in [-0.15, -0.1) is 0 Å². The van der Waals surface area contributed by atoms with Gasteiger partial charge in [-0.1, -0.05) is 18.2 Å². The number of aromatic nitrogens is 2. The van der Waals surface area contributed by atoms with Crippen LogP contribution in [0.1, 0.15) is 11.4 Å². The second-order valence-corrected chi connectivity index (χ2v) is 7.93. The Bertz CT molecular complexity index is 1100. The molecule has 3 aromatic rings. The number of piperazine rings is 1. The molecule has 1 fully saturated rings. The summed E-state index contributed by atoms with van der Waals surface area (Å²) in [5, 5.41) is 3.49. The molecule has 2 aliphatic rings. The second-order valence-electron chi connectivity index (χ2n) is 7.93. The van der Waals surface area contributed by atoms with Crippen LogP contribution in [-0.4, -0.2) is 65.3 Å². The van der Waals surface area contributed by atoms with E-state index in [1.807, 2.05) is 31.3 Å². The van der Waals surface area contributed by atoms with Crippen molar-refractivity contribution in [3.05, 3.63) is 53.9 Å². The molecule has 1 saturated heterocycles. The van der Waals surface area contributed by atoms with Crippen molar-refractivity contribution in [2.75, 3.05) is 40.0 Å². The lowest BCUT2D eigenvalue weighted by Crippen LogP contribution is -2.52. The lowest BCUT2D eigenvalue weighted by atomic mass is 10.1. The Morgan fingerprint density at radius 1 is 1.06 bits per heavy atom. The zero-order valence-electron chi connectivity index (χ0n) is 18.0. The number of imidazole rings is 1. The molecule has 0 unspecified atom stereocenters. The highest BCUT2D eigenvalue weighted by atomic mass is 16.7. The number of para-hydroxylation sites is 2. The summed E-state index contributed by atoms with van der Waals surface area (Å²) in [4.78, 5) is 14.0. The molecule has 2 aliphatic heterocycles. The van der Waals surface area contributed by atoms with Crippen LogP contribution in [0.2, 0.25) is 0 Å².